The highest BCUT2D eigenvalue weighted by molar-refractivity contribution is 4.83. The summed E-state index contributed by atoms with van der Waals surface area (Å²) in [6.45, 7) is 13.8. The van der Waals surface area contributed by atoms with E-state index in [1.54, 1.807) is 0 Å². The van der Waals surface area contributed by atoms with Gasteiger partial charge in [0, 0.05) is 0 Å². The lowest BCUT2D eigenvalue weighted by molar-refractivity contribution is -0.422. The highest BCUT2D eigenvalue weighted by Gasteiger charge is 2.37. The molecule has 0 aromatic rings. The van der Waals surface area contributed by atoms with Crippen LogP contribution in [0.25, 0.3) is 0 Å². The molecule has 0 unspecified atom stereocenters. The highest BCUT2D eigenvalue weighted by Crippen LogP contribution is 2.38. The van der Waals surface area contributed by atoms with E-state index < -0.39 is 0 Å². The van der Waals surface area contributed by atoms with Gasteiger partial charge in [-0.25, -0.2) is 9.78 Å². The Morgan fingerprint density at radius 3 is 0.800 bits per heavy atom. The molecule has 0 saturated carbocycles. The van der Waals surface area contributed by atoms with E-state index in [0.717, 1.165) is 38.5 Å². The Hall–Kier alpha value is -0.0800. The van der Waals surface area contributed by atoms with Crippen molar-refractivity contribution in [2.24, 2.45) is 0 Å². The SMILES string of the molecule is CCCCCC(CCCC)(CCCC)OOC(CCCC)(CCCC)CCCCC. The van der Waals surface area contributed by atoms with Crippen LogP contribution in [0, 0.1) is 0 Å². The maximum atomic E-state index is 6.67. The lowest BCUT2D eigenvalue weighted by atomic mass is 9.85. The fraction of sp³-hybridized carbons (Fsp3) is 1.00. The van der Waals surface area contributed by atoms with Gasteiger partial charge < -0.3 is 0 Å². The van der Waals surface area contributed by atoms with Gasteiger partial charge in [-0.15, -0.1) is 0 Å². The first-order chi connectivity index (χ1) is 14.6. The molecule has 182 valence electrons. The lowest BCUT2D eigenvalue weighted by Gasteiger charge is -2.40. The molecule has 0 atom stereocenters. The van der Waals surface area contributed by atoms with Gasteiger partial charge in [-0.3, -0.25) is 0 Å². The van der Waals surface area contributed by atoms with Gasteiger partial charge in [0.05, 0.1) is 0 Å². The maximum absolute atomic E-state index is 6.67. The normalized spacial score (nSPS) is 12.6. The Kier molecular flexibility index (Phi) is 19.5. The van der Waals surface area contributed by atoms with Crippen LogP contribution < -0.4 is 0 Å². The van der Waals surface area contributed by atoms with Crippen LogP contribution in [0.2, 0.25) is 0 Å². The Morgan fingerprint density at radius 1 is 0.333 bits per heavy atom. The van der Waals surface area contributed by atoms with Crippen molar-refractivity contribution >= 4 is 0 Å². The van der Waals surface area contributed by atoms with Crippen molar-refractivity contribution in [3.05, 3.63) is 0 Å². The molecule has 0 bridgehead atoms. The average Bonchev–Trinajstić information content (AvgIpc) is 2.77. The fourth-order valence-corrected chi connectivity index (χ4v) is 4.57. The minimum atomic E-state index is -0.0738. The molecule has 30 heavy (non-hydrogen) atoms. The fourth-order valence-electron chi connectivity index (χ4n) is 4.57. The van der Waals surface area contributed by atoms with Crippen LogP contribution in [-0.2, 0) is 9.78 Å². The monoisotopic (exact) mass is 426 g/mol. The summed E-state index contributed by atoms with van der Waals surface area (Å²) in [6, 6.07) is 0. The molecule has 0 aliphatic carbocycles. The zero-order valence-electron chi connectivity index (χ0n) is 22.0. The van der Waals surface area contributed by atoms with Crippen LogP contribution in [-0.4, -0.2) is 11.2 Å². The third-order valence-electron chi connectivity index (χ3n) is 6.81. The lowest BCUT2D eigenvalue weighted by Crippen LogP contribution is -2.40. The number of hydrogen-bond donors (Lipinski definition) is 0. The summed E-state index contributed by atoms with van der Waals surface area (Å²) in [5, 5.41) is 0. The molecule has 0 fully saturated rings. The smallest absolute Gasteiger partial charge is 0.104 e. The van der Waals surface area contributed by atoms with Crippen LogP contribution in [0.5, 0.6) is 0 Å². The largest absolute Gasteiger partial charge is 0.229 e. The Balaban J connectivity index is 5.49. The average molecular weight is 427 g/mol. The van der Waals surface area contributed by atoms with Gasteiger partial charge in [-0.1, -0.05) is 131 Å². The molecule has 0 N–H and O–H groups in total. The molecule has 0 saturated heterocycles. The van der Waals surface area contributed by atoms with E-state index in [2.05, 4.69) is 41.5 Å². The van der Waals surface area contributed by atoms with Gasteiger partial charge in [-0.05, 0) is 38.5 Å². The summed E-state index contributed by atoms with van der Waals surface area (Å²) >= 11 is 0. The molecule has 0 heterocycles. The third kappa shape index (κ3) is 13.4. The Labute approximate surface area is 191 Å². The Bertz CT molecular complexity index is 303. The van der Waals surface area contributed by atoms with Gasteiger partial charge >= 0.3 is 0 Å². The number of unbranched alkanes of at least 4 members (excludes halogenated alkanes) is 8. The van der Waals surface area contributed by atoms with Crippen molar-refractivity contribution in [3.63, 3.8) is 0 Å². The topological polar surface area (TPSA) is 18.5 Å². The minimum Gasteiger partial charge on any atom is -0.229 e. The third-order valence-corrected chi connectivity index (χ3v) is 6.81. The molecule has 0 aromatic heterocycles. The second-order valence-corrected chi connectivity index (χ2v) is 9.86. The first-order valence-corrected chi connectivity index (χ1v) is 13.9. The van der Waals surface area contributed by atoms with Crippen molar-refractivity contribution in [3.8, 4) is 0 Å². The van der Waals surface area contributed by atoms with Crippen molar-refractivity contribution in [1.82, 2.24) is 0 Å². The quantitative estimate of drug-likeness (QED) is 0.0918. The second-order valence-electron chi connectivity index (χ2n) is 9.86. The van der Waals surface area contributed by atoms with Gasteiger partial charge in [0.15, 0.2) is 0 Å². The Morgan fingerprint density at radius 2 is 0.567 bits per heavy atom. The van der Waals surface area contributed by atoms with Crippen LogP contribution in [0.3, 0.4) is 0 Å². The summed E-state index contributed by atoms with van der Waals surface area (Å²) in [5.74, 6) is 0. The van der Waals surface area contributed by atoms with E-state index in [1.165, 1.54) is 89.9 Å². The van der Waals surface area contributed by atoms with Crippen LogP contribution in [0.4, 0.5) is 0 Å². The first-order valence-electron chi connectivity index (χ1n) is 13.9. The summed E-state index contributed by atoms with van der Waals surface area (Å²) < 4.78 is 0. The van der Waals surface area contributed by atoms with Gasteiger partial charge in [0.25, 0.3) is 0 Å². The van der Waals surface area contributed by atoms with Crippen molar-refractivity contribution in [1.29, 1.82) is 0 Å². The van der Waals surface area contributed by atoms with Gasteiger partial charge in [0.1, 0.15) is 11.2 Å². The molecule has 0 aliphatic heterocycles. The van der Waals surface area contributed by atoms with E-state index in [4.69, 9.17) is 9.78 Å². The van der Waals surface area contributed by atoms with Crippen molar-refractivity contribution in [2.75, 3.05) is 0 Å². The van der Waals surface area contributed by atoms with Gasteiger partial charge in [-0.2, -0.15) is 0 Å². The molecule has 0 spiro atoms. The van der Waals surface area contributed by atoms with Crippen LogP contribution in [0.15, 0.2) is 0 Å². The zero-order valence-corrected chi connectivity index (χ0v) is 22.0. The van der Waals surface area contributed by atoms with Crippen molar-refractivity contribution < 1.29 is 9.78 Å². The molecular formula is C28H58O2. The predicted molar refractivity (Wildman–Crippen MR) is 134 cm³/mol. The second kappa shape index (κ2) is 19.6. The van der Waals surface area contributed by atoms with E-state index in [-0.39, 0.29) is 11.2 Å². The number of hydrogen-bond acceptors (Lipinski definition) is 2. The molecule has 0 radical (unpaired) electrons. The predicted octanol–water partition coefficient (Wildman–Crippen LogP) is 10.3. The van der Waals surface area contributed by atoms with E-state index >= 15 is 0 Å². The minimum absolute atomic E-state index is 0.0738. The highest BCUT2D eigenvalue weighted by atomic mass is 17.2. The van der Waals surface area contributed by atoms with E-state index in [0.29, 0.717) is 0 Å². The standard InChI is InChI=1S/C28H58O2/c1-7-13-19-25-27(21-15-9-3,22-16-10-4)29-30-28(23-17-11-5,24-18-12-6)26-20-14-8-2/h7-26H2,1-6H3. The molecule has 2 nitrogen and oxygen atoms in total. The molecule has 0 aliphatic rings. The zero-order chi connectivity index (χ0) is 22.6. The molecular weight excluding hydrogens is 368 g/mol. The first kappa shape index (κ1) is 29.9. The molecule has 0 amide bonds. The molecule has 2 heteroatoms. The van der Waals surface area contributed by atoms with Crippen LogP contribution >= 0.6 is 0 Å². The van der Waals surface area contributed by atoms with E-state index in [1.807, 2.05) is 0 Å². The molecule has 0 rings (SSSR count). The van der Waals surface area contributed by atoms with Crippen LogP contribution in [0.1, 0.15) is 170 Å². The van der Waals surface area contributed by atoms with Crippen molar-refractivity contribution in [2.45, 2.75) is 181 Å². The summed E-state index contributed by atoms with van der Waals surface area (Å²) in [6.07, 6.45) is 24.5. The summed E-state index contributed by atoms with van der Waals surface area (Å²) in [4.78, 5) is 13.3. The number of rotatable bonds is 23. The summed E-state index contributed by atoms with van der Waals surface area (Å²) in [5.41, 5.74) is -0.148. The van der Waals surface area contributed by atoms with Gasteiger partial charge in [0.2, 0.25) is 0 Å². The van der Waals surface area contributed by atoms with E-state index in [9.17, 15) is 0 Å². The summed E-state index contributed by atoms with van der Waals surface area (Å²) in [7, 11) is 0. The molecule has 0 aromatic carbocycles. The maximum Gasteiger partial charge on any atom is 0.104 e.